The minimum Gasteiger partial charge on any atom is -0.403 e. The molecular weight excluding hydrogens is 228 g/mol. The summed E-state index contributed by atoms with van der Waals surface area (Å²) in [6.07, 6.45) is 0. The zero-order chi connectivity index (χ0) is 12.6. The van der Waals surface area contributed by atoms with Crippen LogP contribution in [0.4, 0.5) is 14.8 Å². The Balaban J connectivity index is 2.69. The normalized spacial score (nSPS) is 11.1. The zero-order valence-electron chi connectivity index (χ0n) is 9.37. The standard InChI is InChI=1S/C11H11F2N3O/c1-5(2)6-3-4-7(12)9(13)8(6)10-15-16-11(14)17-10/h3-5H,1-2H3,(H2,14,16). The lowest BCUT2D eigenvalue weighted by Crippen LogP contribution is -1.99. The van der Waals surface area contributed by atoms with Crippen LogP contribution in [-0.4, -0.2) is 10.2 Å². The molecule has 2 aromatic rings. The van der Waals surface area contributed by atoms with Gasteiger partial charge >= 0.3 is 6.01 Å². The van der Waals surface area contributed by atoms with Crippen LogP contribution in [0, 0.1) is 11.6 Å². The maximum atomic E-state index is 13.8. The fraction of sp³-hybridized carbons (Fsp3) is 0.273. The minimum atomic E-state index is -1.00. The van der Waals surface area contributed by atoms with Crippen molar-refractivity contribution in [3.63, 3.8) is 0 Å². The molecule has 0 aliphatic rings. The fourth-order valence-corrected chi connectivity index (χ4v) is 1.60. The van der Waals surface area contributed by atoms with Crippen LogP contribution in [0.25, 0.3) is 11.5 Å². The SMILES string of the molecule is CC(C)c1ccc(F)c(F)c1-c1nnc(N)o1. The first kappa shape index (κ1) is 11.5. The van der Waals surface area contributed by atoms with E-state index in [4.69, 9.17) is 10.2 Å². The molecule has 1 aromatic heterocycles. The smallest absolute Gasteiger partial charge is 0.313 e. The van der Waals surface area contributed by atoms with Crippen molar-refractivity contribution in [2.24, 2.45) is 0 Å². The van der Waals surface area contributed by atoms with Gasteiger partial charge in [-0.25, -0.2) is 8.78 Å². The first-order valence-electron chi connectivity index (χ1n) is 5.08. The largest absolute Gasteiger partial charge is 0.403 e. The van der Waals surface area contributed by atoms with Crippen molar-refractivity contribution in [2.45, 2.75) is 19.8 Å². The second-order valence-corrected chi connectivity index (χ2v) is 3.93. The molecule has 4 nitrogen and oxygen atoms in total. The third-order valence-electron chi connectivity index (χ3n) is 2.40. The Hall–Kier alpha value is -1.98. The van der Waals surface area contributed by atoms with Crippen molar-refractivity contribution >= 4 is 6.01 Å². The van der Waals surface area contributed by atoms with Crippen LogP contribution in [0.2, 0.25) is 0 Å². The molecule has 0 aliphatic carbocycles. The van der Waals surface area contributed by atoms with Crippen molar-refractivity contribution in [3.05, 3.63) is 29.3 Å². The van der Waals surface area contributed by atoms with Gasteiger partial charge in [-0.3, -0.25) is 0 Å². The van der Waals surface area contributed by atoms with Gasteiger partial charge in [0.15, 0.2) is 11.6 Å². The van der Waals surface area contributed by atoms with Crippen LogP contribution in [-0.2, 0) is 0 Å². The van der Waals surface area contributed by atoms with Crippen molar-refractivity contribution in [2.75, 3.05) is 5.73 Å². The number of rotatable bonds is 2. The molecule has 1 aromatic carbocycles. The second kappa shape index (κ2) is 4.12. The Morgan fingerprint density at radius 1 is 1.24 bits per heavy atom. The Bertz CT molecular complexity index is 552. The molecule has 17 heavy (non-hydrogen) atoms. The highest BCUT2D eigenvalue weighted by Gasteiger charge is 2.21. The van der Waals surface area contributed by atoms with E-state index in [-0.39, 0.29) is 23.4 Å². The first-order chi connectivity index (χ1) is 8.00. The number of halogens is 2. The number of aromatic nitrogens is 2. The zero-order valence-corrected chi connectivity index (χ0v) is 9.37. The van der Waals surface area contributed by atoms with Gasteiger partial charge in [-0.15, -0.1) is 5.10 Å². The maximum absolute atomic E-state index is 13.8. The third kappa shape index (κ3) is 1.98. The quantitative estimate of drug-likeness (QED) is 0.875. The first-order valence-corrected chi connectivity index (χ1v) is 5.08. The van der Waals surface area contributed by atoms with Crippen molar-refractivity contribution in [1.82, 2.24) is 10.2 Å². The molecule has 0 aliphatic heterocycles. The summed E-state index contributed by atoms with van der Waals surface area (Å²) in [5, 5.41) is 7.02. The molecular formula is C11H11F2N3O. The van der Waals surface area contributed by atoms with Gasteiger partial charge in [-0.2, -0.15) is 0 Å². The highest BCUT2D eigenvalue weighted by atomic mass is 19.2. The van der Waals surface area contributed by atoms with E-state index in [0.29, 0.717) is 5.56 Å². The summed E-state index contributed by atoms with van der Waals surface area (Å²) in [7, 11) is 0. The summed E-state index contributed by atoms with van der Waals surface area (Å²) in [5.74, 6) is -2.07. The van der Waals surface area contributed by atoms with Crippen LogP contribution < -0.4 is 5.73 Å². The highest BCUT2D eigenvalue weighted by Crippen LogP contribution is 2.32. The molecule has 0 unspecified atom stereocenters. The van der Waals surface area contributed by atoms with E-state index >= 15 is 0 Å². The number of benzene rings is 1. The number of nitrogens with two attached hydrogens (primary N) is 1. The molecule has 0 amide bonds. The van der Waals surface area contributed by atoms with Gasteiger partial charge in [0, 0.05) is 0 Å². The highest BCUT2D eigenvalue weighted by molar-refractivity contribution is 5.61. The van der Waals surface area contributed by atoms with Gasteiger partial charge in [0.2, 0.25) is 0 Å². The Kier molecular flexibility index (Phi) is 2.79. The van der Waals surface area contributed by atoms with Gasteiger partial charge in [0.1, 0.15) is 0 Å². The monoisotopic (exact) mass is 239 g/mol. The number of nitrogen functional groups attached to an aromatic ring is 1. The molecule has 1 heterocycles. The molecule has 2 rings (SSSR count). The van der Waals surface area contributed by atoms with E-state index in [1.807, 2.05) is 13.8 Å². The van der Waals surface area contributed by atoms with Crippen LogP contribution in [0.15, 0.2) is 16.5 Å². The molecule has 0 saturated carbocycles. The lowest BCUT2D eigenvalue weighted by atomic mass is 9.96. The molecule has 6 heteroatoms. The fourth-order valence-electron chi connectivity index (χ4n) is 1.60. The molecule has 0 bridgehead atoms. The second-order valence-electron chi connectivity index (χ2n) is 3.93. The summed E-state index contributed by atoms with van der Waals surface area (Å²) in [4.78, 5) is 0. The van der Waals surface area contributed by atoms with Gasteiger partial charge < -0.3 is 10.2 Å². The predicted molar refractivity (Wildman–Crippen MR) is 58.2 cm³/mol. The Labute approximate surface area is 96.5 Å². The van der Waals surface area contributed by atoms with E-state index in [0.717, 1.165) is 6.07 Å². The number of nitrogens with zero attached hydrogens (tertiary/aromatic N) is 2. The molecule has 0 saturated heterocycles. The molecule has 2 N–H and O–H groups in total. The van der Waals surface area contributed by atoms with E-state index in [2.05, 4.69) is 10.2 Å². The van der Waals surface area contributed by atoms with Crippen LogP contribution in [0.1, 0.15) is 25.3 Å². The van der Waals surface area contributed by atoms with Crippen molar-refractivity contribution in [1.29, 1.82) is 0 Å². The molecule has 0 spiro atoms. The van der Waals surface area contributed by atoms with Crippen LogP contribution in [0.3, 0.4) is 0 Å². The van der Waals surface area contributed by atoms with Crippen LogP contribution in [0.5, 0.6) is 0 Å². The Morgan fingerprint density at radius 3 is 2.47 bits per heavy atom. The molecule has 0 radical (unpaired) electrons. The number of hydrogen-bond donors (Lipinski definition) is 1. The average Bonchev–Trinajstić information content (AvgIpc) is 2.68. The van der Waals surface area contributed by atoms with E-state index in [1.165, 1.54) is 6.07 Å². The summed E-state index contributed by atoms with van der Waals surface area (Å²) in [5.41, 5.74) is 5.84. The topological polar surface area (TPSA) is 64.9 Å². The lowest BCUT2D eigenvalue weighted by Gasteiger charge is -2.10. The van der Waals surface area contributed by atoms with Gasteiger partial charge in [-0.05, 0) is 17.5 Å². The minimum absolute atomic E-state index is 0.00627. The van der Waals surface area contributed by atoms with E-state index < -0.39 is 11.6 Å². The lowest BCUT2D eigenvalue weighted by molar-refractivity contribution is 0.501. The summed E-state index contributed by atoms with van der Waals surface area (Å²) < 4.78 is 31.9. The van der Waals surface area contributed by atoms with Crippen LogP contribution >= 0.6 is 0 Å². The molecule has 0 atom stereocenters. The van der Waals surface area contributed by atoms with Crippen molar-refractivity contribution in [3.8, 4) is 11.5 Å². The summed E-state index contributed by atoms with van der Waals surface area (Å²) >= 11 is 0. The van der Waals surface area contributed by atoms with E-state index in [1.54, 1.807) is 0 Å². The molecule has 90 valence electrons. The van der Waals surface area contributed by atoms with Gasteiger partial charge in [-0.1, -0.05) is 25.0 Å². The predicted octanol–water partition coefficient (Wildman–Crippen LogP) is 2.72. The average molecular weight is 239 g/mol. The summed E-state index contributed by atoms with van der Waals surface area (Å²) in [6.45, 7) is 3.71. The maximum Gasteiger partial charge on any atom is 0.313 e. The Morgan fingerprint density at radius 2 is 1.94 bits per heavy atom. The van der Waals surface area contributed by atoms with E-state index in [9.17, 15) is 8.78 Å². The number of hydrogen-bond acceptors (Lipinski definition) is 4. The summed E-state index contributed by atoms with van der Waals surface area (Å²) in [6, 6.07) is 2.39. The molecule has 0 fully saturated rings. The third-order valence-corrected chi connectivity index (χ3v) is 2.40. The number of anilines is 1. The van der Waals surface area contributed by atoms with Gasteiger partial charge in [0.25, 0.3) is 5.89 Å². The van der Waals surface area contributed by atoms with Gasteiger partial charge in [0.05, 0.1) is 5.56 Å². The van der Waals surface area contributed by atoms with Crippen molar-refractivity contribution < 1.29 is 13.2 Å².